The minimum Gasteiger partial charge on any atom is -0.507 e. The summed E-state index contributed by atoms with van der Waals surface area (Å²) >= 11 is 0. The quantitative estimate of drug-likeness (QED) is 0.132. The van der Waals surface area contributed by atoms with Crippen LogP contribution in [0.2, 0.25) is 0 Å². The number of carbonyl (C=O) groups is 3. The fourth-order valence-corrected chi connectivity index (χ4v) is 11.2. The van der Waals surface area contributed by atoms with Crippen molar-refractivity contribution in [3.63, 3.8) is 0 Å². The molecule has 4 fully saturated rings. The Morgan fingerprint density at radius 2 is 1.68 bits per heavy atom. The van der Waals surface area contributed by atoms with Crippen LogP contribution in [0.25, 0.3) is 22.3 Å². The summed E-state index contributed by atoms with van der Waals surface area (Å²) < 4.78 is 5.57. The summed E-state index contributed by atoms with van der Waals surface area (Å²) in [5.41, 5.74) is 5.80. The summed E-state index contributed by atoms with van der Waals surface area (Å²) in [7, 11) is 0. The van der Waals surface area contributed by atoms with Crippen molar-refractivity contribution in [2.45, 2.75) is 109 Å². The van der Waals surface area contributed by atoms with E-state index >= 15 is 0 Å². The molecule has 16 heteroatoms. The second kappa shape index (κ2) is 17.3. The number of nitrogens with zero attached hydrogens (tertiary/aromatic N) is 8. The molecule has 4 atom stereocenters. The Balaban J connectivity index is 0.697. The molecule has 3 amide bonds. The molecule has 7 heterocycles. The summed E-state index contributed by atoms with van der Waals surface area (Å²) in [6, 6.07) is 16.9. The number of aromatic nitrogens is 5. The summed E-state index contributed by atoms with van der Waals surface area (Å²) in [5.74, 6) is 0.333. The number of carbonyl (C=O) groups excluding carboxylic acids is 3. The number of urea groups is 1. The number of aromatic amines is 1. The van der Waals surface area contributed by atoms with Gasteiger partial charge in [0.15, 0.2) is 5.65 Å². The largest absolute Gasteiger partial charge is 0.507 e. The van der Waals surface area contributed by atoms with Crippen LogP contribution in [0.5, 0.6) is 5.75 Å². The van der Waals surface area contributed by atoms with Crippen molar-refractivity contribution in [2.24, 2.45) is 10.8 Å². The summed E-state index contributed by atoms with van der Waals surface area (Å²) in [4.78, 5) is 62.3. The standard InChI is InChI=1S/C50H60N10O6/c1-30-42-37-21-39(36-12-8-9-13-41(36)62)55-56-44(37)53-38(42)16-19-59(30)47-51-24-33(25-52-47)32-14-17-57(18-15-32)34-22-50(23-34)28-58(29-50)48(65)54-43(49(2,3)4)45(63)60-26-35(61)20-40(60)46(64)66-27-31-10-6-5-7-11-31/h5-13,21,24-25,30,32,34-35,40,43,61-62H,14-20,22-23,26-29H2,1-4H3,(H,53,56)(H,54,65)/t30-,35-,40+,43-/m1/s1. The number of para-hydroxylation sites is 1. The van der Waals surface area contributed by atoms with Crippen molar-refractivity contribution in [3.05, 3.63) is 95.4 Å². The van der Waals surface area contributed by atoms with E-state index in [9.17, 15) is 24.6 Å². The molecule has 0 radical (unpaired) electrons. The SMILES string of the molecule is C[C@@H]1c2c([nH]c3nnc(-c4ccccc4O)cc23)CCN1c1ncc(C2CCN(C3CC4(C3)CN(C(=O)N[C@H](C(=O)N3C[C@H](O)C[C@H]3C(=O)OCc3ccccc3)C(C)(C)C)C4)CC2)cn1. The molecule has 3 saturated heterocycles. The van der Waals surface area contributed by atoms with Crippen molar-refractivity contribution in [1.82, 2.24) is 45.2 Å². The molecule has 1 aliphatic carbocycles. The van der Waals surface area contributed by atoms with Crippen molar-refractivity contribution < 1.29 is 29.3 Å². The summed E-state index contributed by atoms with van der Waals surface area (Å²) in [5, 5.41) is 33.9. The third-order valence-electron chi connectivity index (χ3n) is 14.9. The Kier molecular flexibility index (Phi) is 11.4. The van der Waals surface area contributed by atoms with Gasteiger partial charge < -0.3 is 44.9 Å². The molecular formula is C50H60N10O6. The highest BCUT2D eigenvalue weighted by Crippen LogP contribution is 2.51. The molecule has 346 valence electrons. The van der Waals surface area contributed by atoms with Crippen LogP contribution in [-0.2, 0) is 27.4 Å². The van der Waals surface area contributed by atoms with Crippen LogP contribution < -0.4 is 10.2 Å². The van der Waals surface area contributed by atoms with Gasteiger partial charge in [0.1, 0.15) is 24.4 Å². The number of nitrogens with one attached hydrogen (secondary N) is 2. The molecule has 0 bridgehead atoms. The van der Waals surface area contributed by atoms with Gasteiger partial charge in [0.05, 0.1) is 17.8 Å². The second-order valence-electron chi connectivity index (χ2n) is 20.4. The zero-order chi connectivity index (χ0) is 45.9. The number of amides is 3. The van der Waals surface area contributed by atoms with E-state index in [1.807, 2.05) is 81.7 Å². The molecule has 66 heavy (non-hydrogen) atoms. The molecule has 10 rings (SSSR count). The highest BCUT2D eigenvalue weighted by Gasteiger charge is 2.56. The average Bonchev–Trinajstić information content (AvgIpc) is 3.87. The number of benzene rings is 2. The molecule has 5 aliphatic rings. The summed E-state index contributed by atoms with van der Waals surface area (Å²) in [6.07, 6.45) is 8.26. The van der Waals surface area contributed by atoms with Gasteiger partial charge in [-0.3, -0.25) is 4.79 Å². The molecule has 2 aromatic carbocycles. The van der Waals surface area contributed by atoms with E-state index in [2.05, 4.69) is 37.2 Å². The Morgan fingerprint density at radius 1 is 0.970 bits per heavy atom. The van der Waals surface area contributed by atoms with E-state index in [0.717, 1.165) is 79.6 Å². The first kappa shape index (κ1) is 43.7. The number of H-pyrrole nitrogens is 1. The molecular weight excluding hydrogens is 837 g/mol. The lowest BCUT2D eigenvalue weighted by Gasteiger charge is -2.61. The Morgan fingerprint density at radius 3 is 2.39 bits per heavy atom. The number of aliphatic hydroxyl groups is 1. The van der Waals surface area contributed by atoms with Crippen LogP contribution in [0.15, 0.2) is 73.1 Å². The maximum Gasteiger partial charge on any atom is 0.329 e. The molecule has 4 N–H and O–H groups in total. The first-order valence-electron chi connectivity index (χ1n) is 23.5. The number of ether oxygens (including phenoxy) is 1. The molecule has 5 aromatic rings. The van der Waals surface area contributed by atoms with Gasteiger partial charge in [0.2, 0.25) is 11.9 Å². The zero-order valence-electron chi connectivity index (χ0n) is 38.2. The number of esters is 1. The van der Waals surface area contributed by atoms with Gasteiger partial charge >= 0.3 is 12.0 Å². The van der Waals surface area contributed by atoms with Gasteiger partial charge in [-0.1, -0.05) is 63.2 Å². The Bertz CT molecular complexity index is 2590. The van der Waals surface area contributed by atoms with Crippen LogP contribution in [0.4, 0.5) is 10.7 Å². The first-order chi connectivity index (χ1) is 31.7. The van der Waals surface area contributed by atoms with E-state index in [1.165, 1.54) is 10.5 Å². The van der Waals surface area contributed by atoms with Gasteiger partial charge in [-0.15, -0.1) is 10.2 Å². The second-order valence-corrected chi connectivity index (χ2v) is 20.4. The van der Waals surface area contributed by atoms with Crippen LogP contribution in [0, 0.1) is 10.8 Å². The number of hydrogen-bond acceptors (Lipinski definition) is 12. The van der Waals surface area contributed by atoms with Crippen LogP contribution in [-0.4, -0.2) is 131 Å². The van der Waals surface area contributed by atoms with E-state index in [4.69, 9.17) is 14.7 Å². The number of β-amino-alcohol motifs (C(OH)–C–C–N with tert-alkyl or cyclic N) is 1. The zero-order valence-corrected chi connectivity index (χ0v) is 38.2. The molecule has 16 nitrogen and oxygen atoms in total. The highest BCUT2D eigenvalue weighted by atomic mass is 16.5. The van der Waals surface area contributed by atoms with Crippen molar-refractivity contribution in [3.8, 4) is 17.0 Å². The fraction of sp³-hybridized carbons (Fsp3) is 0.500. The van der Waals surface area contributed by atoms with Gasteiger partial charge in [-0.05, 0) is 86.4 Å². The lowest BCUT2D eigenvalue weighted by Crippen LogP contribution is -2.70. The predicted molar refractivity (Wildman–Crippen MR) is 247 cm³/mol. The van der Waals surface area contributed by atoms with E-state index in [1.54, 1.807) is 17.0 Å². The number of aromatic hydroxyl groups is 1. The number of phenolic OH excluding ortho intramolecular Hbond substituents is 1. The number of rotatable bonds is 9. The molecule has 0 unspecified atom stereocenters. The predicted octanol–water partition coefficient (Wildman–Crippen LogP) is 5.72. The minimum atomic E-state index is -0.924. The third-order valence-corrected chi connectivity index (χ3v) is 14.9. The van der Waals surface area contributed by atoms with Crippen LogP contribution in [0.1, 0.15) is 94.1 Å². The Hall–Kier alpha value is -6.13. The van der Waals surface area contributed by atoms with Crippen LogP contribution in [0.3, 0.4) is 0 Å². The summed E-state index contributed by atoms with van der Waals surface area (Å²) in [6.45, 7) is 12.1. The fourth-order valence-electron chi connectivity index (χ4n) is 11.2. The highest BCUT2D eigenvalue weighted by molar-refractivity contribution is 5.92. The lowest BCUT2D eigenvalue weighted by atomic mass is 9.60. The van der Waals surface area contributed by atoms with E-state index < -0.39 is 35.5 Å². The number of likely N-dealkylation sites (tertiary alicyclic amines) is 3. The smallest absolute Gasteiger partial charge is 0.329 e. The maximum absolute atomic E-state index is 14.1. The third kappa shape index (κ3) is 8.33. The topological polar surface area (TPSA) is 193 Å². The van der Waals surface area contributed by atoms with Gasteiger partial charge in [0, 0.05) is 85.1 Å². The molecule has 3 aromatic heterocycles. The maximum atomic E-state index is 14.1. The van der Waals surface area contributed by atoms with Gasteiger partial charge in [-0.25, -0.2) is 19.6 Å². The van der Waals surface area contributed by atoms with Crippen molar-refractivity contribution in [1.29, 1.82) is 0 Å². The number of phenols is 1. The lowest BCUT2D eigenvalue weighted by molar-refractivity contribution is -0.155. The normalized spacial score (nSPS) is 22.7. The van der Waals surface area contributed by atoms with Crippen molar-refractivity contribution in [2.75, 3.05) is 44.2 Å². The van der Waals surface area contributed by atoms with E-state index in [-0.39, 0.29) is 42.8 Å². The average molecular weight is 897 g/mol. The number of fused-ring (bicyclic) bond motifs is 3. The number of piperidine rings is 1. The number of hydrogen-bond donors (Lipinski definition) is 4. The molecule has 1 saturated carbocycles. The van der Waals surface area contributed by atoms with Gasteiger partial charge in [0.25, 0.3) is 0 Å². The van der Waals surface area contributed by atoms with Crippen LogP contribution >= 0.6 is 0 Å². The number of anilines is 1. The minimum absolute atomic E-state index is 0.00627. The van der Waals surface area contributed by atoms with Crippen molar-refractivity contribution >= 4 is 34.9 Å². The number of aliphatic hydroxyl groups excluding tert-OH is 1. The Labute approximate surface area is 384 Å². The van der Waals surface area contributed by atoms with E-state index in [0.29, 0.717) is 42.3 Å². The molecule has 1 spiro atoms. The molecule has 4 aliphatic heterocycles. The van der Waals surface area contributed by atoms with Gasteiger partial charge in [-0.2, -0.15) is 0 Å². The monoisotopic (exact) mass is 896 g/mol. The first-order valence-corrected chi connectivity index (χ1v) is 23.5.